The van der Waals surface area contributed by atoms with Crippen LogP contribution in [0.15, 0.2) is 29.6 Å². The van der Waals surface area contributed by atoms with Crippen molar-refractivity contribution in [2.24, 2.45) is 0 Å². The maximum absolute atomic E-state index is 12.7. The molecule has 1 fully saturated rings. The lowest BCUT2D eigenvalue weighted by molar-refractivity contribution is 0.0220. The van der Waals surface area contributed by atoms with Crippen LogP contribution in [0.25, 0.3) is 0 Å². The smallest absolute Gasteiger partial charge is 0.254 e. The van der Waals surface area contributed by atoms with Crippen LogP contribution in [0, 0.1) is 0 Å². The summed E-state index contributed by atoms with van der Waals surface area (Å²) in [6.45, 7) is 3.68. The van der Waals surface area contributed by atoms with E-state index < -0.39 is 0 Å². The molecule has 2 aliphatic rings. The molecule has 4 rings (SSSR count). The van der Waals surface area contributed by atoms with E-state index in [-0.39, 0.29) is 5.91 Å². The number of benzene rings is 1. The fraction of sp³-hybridized carbons (Fsp3) is 0.421. The summed E-state index contributed by atoms with van der Waals surface area (Å²) in [5.74, 6) is 1.32. The lowest BCUT2D eigenvalue weighted by Crippen LogP contribution is -2.61. The first-order valence-electron chi connectivity index (χ1n) is 8.49. The summed E-state index contributed by atoms with van der Waals surface area (Å²) >= 11 is 1.86. The van der Waals surface area contributed by atoms with E-state index in [9.17, 15) is 4.79 Å². The van der Waals surface area contributed by atoms with Crippen molar-refractivity contribution in [2.75, 3.05) is 33.9 Å². The number of rotatable bonds is 4. The van der Waals surface area contributed by atoms with Crippen molar-refractivity contribution in [3.05, 3.63) is 45.6 Å². The van der Waals surface area contributed by atoms with Crippen LogP contribution in [0.3, 0.4) is 0 Å². The number of fused-ring (bicyclic) bond motifs is 1. The SMILES string of the molecule is COc1cc(OC)cc(C(=O)N2CC(N3CCc4sccc4C3)C2)c1. The summed E-state index contributed by atoms with van der Waals surface area (Å²) in [5, 5.41) is 2.18. The summed E-state index contributed by atoms with van der Waals surface area (Å²) in [7, 11) is 3.19. The van der Waals surface area contributed by atoms with Crippen molar-refractivity contribution < 1.29 is 14.3 Å². The second kappa shape index (κ2) is 6.69. The Labute approximate surface area is 151 Å². The van der Waals surface area contributed by atoms with Crippen molar-refractivity contribution in [3.8, 4) is 11.5 Å². The van der Waals surface area contributed by atoms with E-state index in [2.05, 4.69) is 16.3 Å². The number of likely N-dealkylation sites (tertiary alicyclic amines) is 1. The van der Waals surface area contributed by atoms with E-state index >= 15 is 0 Å². The highest BCUT2D eigenvalue weighted by Crippen LogP contribution is 2.29. The largest absolute Gasteiger partial charge is 0.497 e. The van der Waals surface area contributed by atoms with Gasteiger partial charge in [-0.1, -0.05) is 0 Å². The summed E-state index contributed by atoms with van der Waals surface area (Å²) in [5.41, 5.74) is 2.08. The van der Waals surface area contributed by atoms with Gasteiger partial charge in [0.2, 0.25) is 0 Å². The highest BCUT2D eigenvalue weighted by Gasteiger charge is 2.36. The quantitative estimate of drug-likeness (QED) is 0.843. The van der Waals surface area contributed by atoms with Gasteiger partial charge in [0, 0.05) is 48.7 Å². The summed E-state index contributed by atoms with van der Waals surface area (Å²) in [6.07, 6.45) is 1.13. The van der Waals surface area contributed by atoms with Crippen LogP contribution >= 0.6 is 11.3 Å². The molecule has 3 heterocycles. The first-order chi connectivity index (χ1) is 12.2. The second-order valence-corrected chi connectivity index (χ2v) is 7.56. The Balaban J connectivity index is 1.40. The fourth-order valence-corrected chi connectivity index (χ4v) is 4.44. The monoisotopic (exact) mass is 358 g/mol. The van der Waals surface area contributed by atoms with Crippen LogP contribution in [-0.2, 0) is 13.0 Å². The average Bonchev–Trinajstić information content (AvgIpc) is 3.07. The highest BCUT2D eigenvalue weighted by atomic mass is 32.1. The van der Waals surface area contributed by atoms with Crippen molar-refractivity contribution in [1.82, 2.24) is 9.80 Å². The molecule has 2 aliphatic heterocycles. The van der Waals surface area contributed by atoms with Gasteiger partial charge >= 0.3 is 0 Å². The lowest BCUT2D eigenvalue weighted by Gasteiger charge is -2.46. The molecule has 2 aromatic rings. The molecule has 5 nitrogen and oxygen atoms in total. The number of carbonyl (C=O) groups excluding carboxylic acids is 1. The van der Waals surface area contributed by atoms with Crippen LogP contribution in [0.2, 0.25) is 0 Å². The number of ether oxygens (including phenoxy) is 2. The van der Waals surface area contributed by atoms with Crippen LogP contribution in [0.4, 0.5) is 0 Å². The number of methoxy groups -OCH3 is 2. The third-order valence-corrected chi connectivity index (χ3v) is 6.12. The van der Waals surface area contributed by atoms with Gasteiger partial charge in [0.05, 0.1) is 14.2 Å². The Morgan fingerprint density at radius 2 is 1.88 bits per heavy atom. The maximum Gasteiger partial charge on any atom is 0.254 e. The number of hydrogen-bond donors (Lipinski definition) is 0. The zero-order chi connectivity index (χ0) is 17.4. The van der Waals surface area contributed by atoms with Crippen molar-refractivity contribution >= 4 is 17.2 Å². The Hall–Kier alpha value is -2.05. The Kier molecular flexibility index (Phi) is 4.39. The van der Waals surface area contributed by atoms with E-state index in [1.54, 1.807) is 32.4 Å². The van der Waals surface area contributed by atoms with Gasteiger partial charge in [-0.25, -0.2) is 0 Å². The van der Waals surface area contributed by atoms with Gasteiger partial charge in [-0.05, 0) is 35.6 Å². The van der Waals surface area contributed by atoms with Gasteiger partial charge in [0.1, 0.15) is 11.5 Å². The minimum absolute atomic E-state index is 0.0432. The molecule has 0 atom stereocenters. The Morgan fingerprint density at radius 3 is 2.56 bits per heavy atom. The summed E-state index contributed by atoms with van der Waals surface area (Å²) in [6, 6.07) is 8.02. The number of carbonyl (C=O) groups is 1. The van der Waals surface area contributed by atoms with Gasteiger partial charge < -0.3 is 14.4 Å². The predicted octanol–water partition coefficient (Wildman–Crippen LogP) is 2.65. The summed E-state index contributed by atoms with van der Waals surface area (Å²) in [4.78, 5) is 18.7. The Bertz CT molecular complexity index is 760. The molecule has 0 radical (unpaired) electrons. The van der Waals surface area contributed by atoms with Crippen LogP contribution < -0.4 is 9.47 Å². The van der Waals surface area contributed by atoms with Gasteiger partial charge in [-0.15, -0.1) is 11.3 Å². The van der Waals surface area contributed by atoms with Crippen molar-refractivity contribution in [1.29, 1.82) is 0 Å². The number of nitrogens with zero attached hydrogens (tertiary/aromatic N) is 2. The molecule has 6 heteroatoms. The molecular weight excluding hydrogens is 336 g/mol. The number of hydrogen-bond acceptors (Lipinski definition) is 5. The van der Waals surface area contributed by atoms with Crippen LogP contribution in [0.5, 0.6) is 11.5 Å². The maximum atomic E-state index is 12.7. The van der Waals surface area contributed by atoms with Gasteiger partial charge in [0.25, 0.3) is 5.91 Å². The molecule has 0 saturated carbocycles. The normalized spacial score (nSPS) is 17.8. The lowest BCUT2D eigenvalue weighted by atomic mass is 10.0. The first kappa shape index (κ1) is 16.4. The molecule has 132 valence electrons. The zero-order valence-corrected chi connectivity index (χ0v) is 15.3. The van der Waals surface area contributed by atoms with Gasteiger partial charge in [-0.3, -0.25) is 9.69 Å². The molecule has 0 N–H and O–H groups in total. The molecule has 1 aromatic carbocycles. The van der Waals surface area contributed by atoms with Crippen LogP contribution in [0.1, 0.15) is 20.8 Å². The third-order valence-electron chi connectivity index (χ3n) is 5.10. The molecule has 1 aromatic heterocycles. The minimum Gasteiger partial charge on any atom is -0.497 e. The standard InChI is InChI=1S/C19H22N2O3S/c1-23-16-7-14(8-17(9-16)24-2)19(22)21-11-15(12-21)20-5-3-18-13(10-20)4-6-25-18/h4,6-9,15H,3,5,10-12H2,1-2H3. The zero-order valence-electron chi connectivity index (χ0n) is 14.5. The van der Waals surface area contributed by atoms with E-state index in [1.165, 1.54) is 10.4 Å². The highest BCUT2D eigenvalue weighted by molar-refractivity contribution is 7.10. The first-order valence-corrected chi connectivity index (χ1v) is 9.37. The Morgan fingerprint density at radius 1 is 1.16 bits per heavy atom. The molecule has 1 amide bonds. The third kappa shape index (κ3) is 3.12. The topological polar surface area (TPSA) is 42.0 Å². The van der Waals surface area contributed by atoms with E-state index in [0.717, 1.165) is 32.6 Å². The number of amides is 1. The van der Waals surface area contributed by atoms with Gasteiger partial charge in [-0.2, -0.15) is 0 Å². The van der Waals surface area contributed by atoms with E-state index in [0.29, 0.717) is 23.1 Å². The molecule has 1 saturated heterocycles. The summed E-state index contributed by atoms with van der Waals surface area (Å²) < 4.78 is 10.5. The average molecular weight is 358 g/mol. The molecule has 0 spiro atoms. The van der Waals surface area contributed by atoms with E-state index in [1.807, 2.05) is 16.2 Å². The molecule has 0 unspecified atom stereocenters. The molecular formula is C19H22N2O3S. The minimum atomic E-state index is 0.0432. The molecule has 0 aliphatic carbocycles. The fourth-order valence-electron chi connectivity index (χ4n) is 3.55. The van der Waals surface area contributed by atoms with Crippen molar-refractivity contribution in [2.45, 2.75) is 19.0 Å². The van der Waals surface area contributed by atoms with Crippen molar-refractivity contribution in [3.63, 3.8) is 0 Å². The van der Waals surface area contributed by atoms with Crippen LogP contribution in [-0.4, -0.2) is 55.6 Å². The van der Waals surface area contributed by atoms with E-state index in [4.69, 9.17) is 9.47 Å². The predicted molar refractivity (Wildman–Crippen MR) is 97.7 cm³/mol. The molecule has 25 heavy (non-hydrogen) atoms. The van der Waals surface area contributed by atoms with Gasteiger partial charge in [0.15, 0.2) is 0 Å². The molecule has 0 bridgehead atoms. The second-order valence-electron chi connectivity index (χ2n) is 6.55. The number of thiophene rings is 1.